The highest BCUT2D eigenvalue weighted by Gasteiger charge is 2.17. The van der Waals surface area contributed by atoms with Crippen molar-refractivity contribution in [3.8, 4) is 6.07 Å². The molecule has 1 unspecified atom stereocenters. The summed E-state index contributed by atoms with van der Waals surface area (Å²) in [5.74, 6) is 0. The topological polar surface area (TPSA) is 48.7 Å². The Morgan fingerprint density at radius 1 is 1.62 bits per heavy atom. The summed E-state index contributed by atoms with van der Waals surface area (Å²) in [5, 5.41) is 15.5. The van der Waals surface area contributed by atoms with E-state index < -0.39 is 0 Å². The zero-order valence-electron chi connectivity index (χ0n) is 10.4. The molecule has 16 heavy (non-hydrogen) atoms. The summed E-state index contributed by atoms with van der Waals surface area (Å²) in [6.45, 7) is 8.89. The second-order valence-corrected chi connectivity index (χ2v) is 5.64. The summed E-state index contributed by atoms with van der Waals surface area (Å²) >= 11 is 1.68. The number of rotatable bonds is 5. The van der Waals surface area contributed by atoms with E-state index in [0.717, 1.165) is 23.7 Å². The van der Waals surface area contributed by atoms with E-state index in [1.807, 2.05) is 20.8 Å². The zero-order chi connectivity index (χ0) is 12.2. The van der Waals surface area contributed by atoms with Crippen LogP contribution in [0.3, 0.4) is 0 Å². The Morgan fingerprint density at radius 2 is 2.31 bits per heavy atom. The number of aryl methyl sites for hydroxylation is 1. The van der Waals surface area contributed by atoms with Gasteiger partial charge in [0.05, 0.1) is 17.5 Å². The van der Waals surface area contributed by atoms with Crippen molar-refractivity contribution >= 4 is 11.3 Å². The Hall–Kier alpha value is -0.920. The number of hydrogen-bond donors (Lipinski definition) is 1. The van der Waals surface area contributed by atoms with E-state index in [4.69, 9.17) is 5.26 Å². The molecule has 1 atom stereocenters. The lowest BCUT2D eigenvalue weighted by molar-refractivity contribution is 0.416. The average Bonchev–Trinajstić information content (AvgIpc) is 2.64. The predicted molar refractivity (Wildman–Crippen MR) is 67.3 cm³/mol. The summed E-state index contributed by atoms with van der Waals surface area (Å²) in [5.41, 5.74) is 0.830. The Labute approximate surface area is 102 Å². The highest BCUT2D eigenvalue weighted by atomic mass is 32.1. The molecule has 0 saturated carbocycles. The predicted octanol–water partition coefficient (Wildman–Crippen LogP) is 3.04. The van der Waals surface area contributed by atoms with Crippen molar-refractivity contribution < 1.29 is 0 Å². The zero-order valence-corrected chi connectivity index (χ0v) is 11.2. The van der Waals surface area contributed by atoms with Crippen molar-refractivity contribution in [1.29, 1.82) is 5.26 Å². The Balaban J connectivity index is 2.37. The molecule has 88 valence electrons. The minimum absolute atomic E-state index is 0.245. The first-order valence-electron chi connectivity index (χ1n) is 5.51. The normalized spacial score (nSPS) is 13.4. The molecule has 1 aromatic rings. The molecule has 3 nitrogen and oxygen atoms in total. The number of thiazole rings is 1. The monoisotopic (exact) mass is 237 g/mol. The van der Waals surface area contributed by atoms with Crippen molar-refractivity contribution in [2.24, 2.45) is 5.41 Å². The van der Waals surface area contributed by atoms with E-state index in [0.29, 0.717) is 0 Å². The average molecular weight is 237 g/mol. The molecule has 0 saturated heterocycles. The lowest BCUT2D eigenvalue weighted by Gasteiger charge is -2.17. The van der Waals surface area contributed by atoms with Crippen molar-refractivity contribution in [1.82, 2.24) is 10.3 Å². The maximum atomic E-state index is 8.89. The van der Waals surface area contributed by atoms with Crippen molar-refractivity contribution in [3.63, 3.8) is 0 Å². The van der Waals surface area contributed by atoms with E-state index >= 15 is 0 Å². The number of hydrogen-bond acceptors (Lipinski definition) is 4. The van der Waals surface area contributed by atoms with Crippen LogP contribution in [0.4, 0.5) is 0 Å². The summed E-state index contributed by atoms with van der Waals surface area (Å²) in [6.07, 6.45) is 0.859. The molecule has 0 spiro atoms. The van der Waals surface area contributed by atoms with Gasteiger partial charge in [0.25, 0.3) is 0 Å². The first-order chi connectivity index (χ1) is 7.44. The molecule has 0 bridgehead atoms. The molecule has 1 aromatic heterocycles. The SMILES string of the molecule is Cc1csc(C(C)NCCC(C)(C)C#N)n1. The third kappa shape index (κ3) is 3.92. The van der Waals surface area contributed by atoms with Gasteiger partial charge in [-0.15, -0.1) is 11.3 Å². The summed E-state index contributed by atoms with van der Waals surface area (Å²) in [4.78, 5) is 4.44. The smallest absolute Gasteiger partial charge is 0.110 e. The van der Waals surface area contributed by atoms with Crippen LogP contribution < -0.4 is 5.32 Å². The van der Waals surface area contributed by atoms with Gasteiger partial charge in [0.1, 0.15) is 5.01 Å². The van der Waals surface area contributed by atoms with Crippen LogP contribution in [0.1, 0.15) is 43.9 Å². The molecule has 4 heteroatoms. The molecule has 1 N–H and O–H groups in total. The Kier molecular flexibility index (Phi) is 4.45. The van der Waals surface area contributed by atoms with E-state index in [-0.39, 0.29) is 11.5 Å². The molecule has 0 radical (unpaired) electrons. The van der Waals surface area contributed by atoms with Gasteiger partial charge in [0, 0.05) is 11.1 Å². The Bertz CT molecular complexity index is 376. The molecule has 0 aliphatic rings. The highest BCUT2D eigenvalue weighted by Crippen LogP contribution is 2.20. The minimum atomic E-state index is -0.245. The van der Waals surface area contributed by atoms with Crippen molar-refractivity contribution in [2.45, 2.75) is 40.2 Å². The van der Waals surface area contributed by atoms with Gasteiger partial charge in [-0.3, -0.25) is 0 Å². The lowest BCUT2D eigenvalue weighted by atomic mass is 9.91. The lowest BCUT2D eigenvalue weighted by Crippen LogP contribution is -2.24. The fourth-order valence-corrected chi connectivity index (χ4v) is 2.14. The molecule has 0 fully saturated rings. The second-order valence-electron chi connectivity index (χ2n) is 4.75. The standard InChI is InChI=1S/C12H19N3S/c1-9-7-16-11(15-9)10(2)14-6-5-12(3,4)8-13/h7,10,14H,5-6H2,1-4H3. The van der Waals surface area contributed by atoms with Gasteiger partial charge in [0.15, 0.2) is 0 Å². The van der Waals surface area contributed by atoms with Gasteiger partial charge in [-0.2, -0.15) is 5.26 Å². The van der Waals surface area contributed by atoms with Gasteiger partial charge < -0.3 is 5.32 Å². The fourth-order valence-electron chi connectivity index (χ4n) is 1.32. The van der Waals surface area contributed by atoms with Crippen LogP contribution in [0.15, 0.2) is 5.38 Å². The van der Waals surface area contributed by atoms with Crippen LogP contribution in [-0.2, 0) is 0 Å². The van der Waals surface area contributed by atoms with Crippen LogP contribution in [0.2, 0.25) is 0 Å². The largest absolute Gasteiger partial charge is 0.308 e. The fraction of sp³-hybridized carbons (Fsp3) is 0.667. The quantitative estimate of drug-likeness (QED) is 0.856. The van der Waals surface area contributed by atoms with E-state index in [9.17, 15) is 0 Å². The van der Waals surface area contributed by atoms with Crippen LogP contribution in [-0.4, -0.2) is 11.5 Å². The van der Waals surface area contributed by atoms with E-state index in [1.54, 1.807) is 11.3 Å². The van der Waals surface area contributed by atoms with Crippen LogP contribution in [0.5, 0.6) is 0 Å². The molecular formula is C12H19N3S. The van der Waals surface area contributed by atoms with Gasteiger partial charge >= 0.3 is 0 Å². The molecule has 1 rings (SSSR count). The number of nitriles is 1. The maximum Gasteiger partial charge on any atom is 0.110 e. The van der Waals surface area contributed by atoms with Gasteiger partial charge in [-0.05, 0) is 40.7 Å². The molecule has 0 aliphatic carbocycles. The summed E-state index contributed by atoms with van der Waals surface area (Å²) < 4.78 is 0. The first kappa shape index (κ1) is 13.1. The molecule has 0 amide bonds. The third-order valence-electron chi connectivity index (χ3n) is 2.51. The summed E-state index contributed by atoms with van der Waals surface area (Å²) in [6, 6.07) is 2.58. The first-order valence-corrected chi connectivity index (χ1v) is 6.39. The summed E-state index contributed by atoms with van der Waals surface area (Å²) in [7, 11) is 0. The highest BCUT2D eigenvalue weighted by molar-refractivity contribution is 7.09. The van der Waals surface area contributed by atoms with Crippen LogP contribution in [0, 0.1) is 23.7 Å². The third-order valence-corrected chi connectivity index (χ3v) is 3.66. The van der Waals surface area contributed by atoms with Gasteiger partial charge in [-0.1, -0.05) is 0 Å². The van der Waals surface area contributed by atoms with Crippen LogP contribution >= 0.6 is 11.3 Å². The van der Waals surface area contributed by atoms with Crippen LogP contribution in [0.25, 0.3) is 0 Å². The number of nitrogens with zero attached hydrogens (tertiary/aromatic N) is 2. The molecule has 0 aromatic carbocycles. The molecular weight excluding hydrogens is 218 g/mol. The maximum absolute atomic E-state index is 8.89. The number of aromatic nitrogens is 1. The Morgan fingerprint density at radius 3 is 2.81 bits per heavy atom. The minimum Gasteiger partial charge on any atom is -0.308 e. The van der Waals surface area contributed by atoms with Crippen molar-refractivity contribution in [2.75, 3.05) is 6.54 Å². The van der Waals surface area contributed by atoms with Crippen molar-refractivity contribution in [3.05, 3.63) is 16.1 Å². The number of nitrogens with one attached hydrogen (secondary N) is 1. The van der Waals surface area contributed by atoms with Gasteiger partial charge in [0.2, 0.25) is 0 Å². The van der Waals surface area contributed by atoms with E-state index in [2.05, 4.69) is 28.7 Å². The second kappa shape index (κ2) is 5.42. The molecule has 1 heterocycles. The molecule has 0 aliphatic heterocycles. The van der Waals surface area contributed by atoms with E-state index in [1.165, 1.54) is 0 Å². The van der Waals surface area contributed by atoms with Gasteiger partial charge in [-0.25, -0.2) is 4.98 Å².